The second-order valence-corrected chi connectivity index (χ2v) is 7.71. The lowest BCUT2D eigenvalue weighted by Gasteiger charge is -2.23. The van der Waals surface area contributed by atoms with E-state index in [1.807, 2.05) is 20.8 Å². The number of ether oxygens (including phenoxy) is 2. The molecule has 1 amide bonds. The average Bonchev–Trinajstić information content (AvgIpc) is 3.06. The maximum atomic E-state index is 12.9. The first kappa shape index (κ1) is 25.3. The zero-order chi connectivity index (χ0) is 20.6. The zero-order valence-electron chi connectivity index (χ0n) is 17.5. The summed E-state index contributed by atoms with van der Waals surface area (Å²) in [5, 5.41) is 6.22. The van der Waals surface area contributed by atoms with E-state index >= 15 is 0 Å². The number of benzene rings is 1. The van der Waals surface area contributed by atoms with Gasteiger partial charge in [-0.15, -0.1) is 24.0 Å². The van der Waals surface area contributed by atoms with Crippen LogP contribution in [0.3, 0.4) is 0 Å². The van der Waals surface area contributed by atoms with Gasteiger partial charge in [-0.1, -0.05) is 0 Å². The minimum absolute atomic E-state index is 0. The number of nitrogens with zero attached hydrogens (tertiary/aromatic N) is 2. The topological polar surface area (TPSA) is 75.2 Å². The van der Waals surface area contributed by atoms with Crippen LogP contribution in [0.25, 0.3) is 0 Å². The lowest BCUT2D eigenvalue weighted by Crippen LogP contribution is -2.44. The Balaban J connectivity index is 0.00000420. The van der Waals surface area contributed by atoms with Gasteiger partial charge in [0.15, 0.2) is 5.96 Å². The van der Waals surface area contributed by atoms with E-state index in [9.17, 15) is 9.18 Å². The molecule has 0 aliphatic carbocycles. The maximum absolute atomic E-state index is 12.9. The Bertz CT molecular complexity index is 665. The molecule has 0 radical (unpaired) electrons. The maximum Gasteiger partial charge on any atom is 0.407 e. The fraction of sp³-hybridized carbons (Fsp3) is 0.600. The van der Waals surface area contributed by atoms with Crippen LogP contribution >= 0.6 is 24.0 Å². The van der Waals surface area contributed by atoms with Gasteiger partial charge in [-0.05, 0) is 57.9 Å². The molecule has 29 heavy (non-hydrogen) atoms. The number of carbonyl (C=O) groups is 1. The first-order valence-corrected chi connectivity index (χ1v) is 9.60. The molecule has 1 unspecified atom stereocenters. The molecular formula is C20H32FIN4O3. The smallest absolute Gasteiger partial charge is 0.407 e. The highest BCUT2D eigenvalue weighted by atomic mass is 127. The van der Waals surface area contributed by atoms with Gasteiger partial charge in [-0.25, -0.2) is 9.18 Å². The first-order chi connectivity index (χ1) is 13.3. The Hall–Kier alpha value is -1.78. The number of nitrogens with one attached hydrogen (secondary N) is 2. The third kappa shape index (κ3) is 9.51. The van der Waals surface area contributed by atoms with Gasteiger partial charge in [-0.2, -0.15) is 0 Å². The van der Waals surface area contributed by atoms with Gasteiger partial charge < -0.3 is 25.0 Å². The summed E-state index contributed by atoms with van der Waals surface area (Å²) in [6.07, 6.45) is 1.23. The van der Waals surface area contributed by atoms with E-state index in [1.54, 1.807) is 19.2 Å². The van der Waals surface area contributed by atoms with E-state index in [4.69, 9.17) is 9.47 Å². The normalized spacial score (nSPS) is 16.8. The van der Waals surface area contributed by atoms with Crippen molar-refractivity contribution in [3.8, 4) is 5.75 Å². The van der Waals surface area contributed by atoms with Crippen LogP contribution in [0.15, 0.2) is 29.3 Å². The van der Waals surface area contributed by atoms with Crippen LogP contribution < -0.4 is 15.4 Å². The largest absolute Gasteiger partial charge is 0.494 e. The van der Waals surface area contributed by atoms with E-state index < -0.39 is 5.60 Å². The molecule has 0 spiro atoms. The van der Waals surface area contributed by atoms with Crippen molar-refractivity contribution < 1.29 is 18.7 Å². The second kappa shape index (κ2) is 12.0. The molecule has 1 saturated heterocycles. The number of hydrogen-bond donors (Lipinski definition) is 2. The number of guanidine groups is 1. The molecule has 1 aromatic rings. The number of alkyl carbamates (subject to hydrolysis) is 1. The van der Waals surface area contributed by atoms with Crippen molar-refractivity contribution >= 4 is 36.0 Å². The van der Waals surface area contributed by atoms with Crippen molar-refractivity contribution in [3.63, 3.8) is 0 Å². The van der Waals surface area contributed by atoms with Crippen molar-refractivity contribution in [3.05, 3.63) is 30.1 Å². The van der Waals surface area contributed by atoms with Crippen molar-refractivity contribution in [2.45, 2.75) is 45.3 Å². The molecule has 1 atom stereocenters. The summed E-state index contributed by atoms with van der Waals surface area (Å²) in [6.45, 7) is 8.27. The second-order valence-electron chi connectivity index (χ2n) is 7.71. The highest BCUT2D eigenvalue weighted by Crippen LogP contribution is 2.13. The standard InChI is InChI=1S/C20H31FN4O3.HI/c1-20(2,3)28-19(26)24-16-10-12-25(14-16)18(22-4)23-11-5-13-27-17-8-6-15(21)7-9-17;/h6-9,16H,5,10-14H2,1-4H3,(H,22,23)(H,24,26);1H. The zero-order valence-corrected chi connectivity index (χ0v) is 19.9. The summed E-state index contributed by atoms with van der Waals surface area (Å²) in [5.74, 6) is 1.18. The molecule has 164 valence electrons. The number of aliphatic imine (C=N–C) groups is 1. The Labute approximate surface area is 189 Å². The van der Waals surface area contributed by atoms with Crippen molar-refractivity contribution in [2.24, 2.45) is 4.99 Å². The third-order valence-corrected chi connectivity index (χ3v) is 4.11. The quantitative estimate of drug-likeness (QED) is 0.260. The molecule has 2 N–H and O–H groups in total. The third-order valence-electron chi connectivity index (χ3n) is 4.11. The summed E-state index contributed by atoms with van der Waals surface area (Å²) in [7, 11) is 1.74. The van der Waals surface area contributed by atoms with E-state index in [0.717, 1.165) is 25.3 Å². The predicted molar refractivity (Wildman–Crippen MR) is 123 cm³/mol. The van der Waals surface area contributed by atoms with Gasteiger partial charge in [0.1, 0.15) is 17.2 Å². The van der Waals surface area contributed by atoms with Crippen LogP contribution in [0, 0.1) is 5.82 Å². The SMILES string of the molecule is CN=C(NCCCOc1ccc(F)cc1)N1CCC(NC(=O)OC(C)(C)C)C1.I. The minimum Gasteiger partial charge on any atom is -0.494 e. The van der Waals surface area contributed by atoms with Crippen LogP contribution in [0.1, 0.15) is 33.6 Å². The van der Waals surface area contributed by atoms with Crippen LogP contribution in [0.4, 0.5) is 9.18 Å². The van der Waals surface area contributed by atoms with Gasteiger partial charge in [0.2, 0.25) is 0 Å². The highest BCUT2D eigenvalue weighted by Gasteiger charge is 2.27. The van der Waals surface area contributed by atoms with Gasteiger partial charge >= 0.3 is 6.09 Å². The van der Waals surface area contributed by atoms with E-state index in [0.29, 0.717) is 25.4 Å². The molecule has 7 nitrogen and oxygen atoms in total. The Kier molecular flexibility index (Phi) is 10.5. The number of halogens is 2. The first-order valence-electron chi connectivity index (χ1n) is 9.60. The van der Waals surface area contributed by atoms with Crippen molar-refractivity contribution in [1.29, 1.82) is 0 Å². The molecule has 1 aliphatic rings. The molecule has 0 saturated carbocycles. The Morgan fingerprint density at radius 1 is 1.31 bits per heavy atom. The summed E-state index contributed by atoms with van der Waals surface area (Å²) in [5.41, 5.74) is -0.504. The van der Waals surface area contributed by atoms with Crippen molar-refractivity contribution in [2.75, 3.05) is 33.3 Å². The molecule has 9 heteroatoms. The van der Waals surface area contributed by atoms with Gasteiger partial charge in [0.05, 0.1) is 12.6 Å². The lowest BCUT2D eigenvalue weighted by molar-refractivity contribution is 0.0507. The molecular weight excluding hydrogens is 490 g/mol. The average molecular weight is 522 g/mol. The van der Waals surface area contributed by atoms with E-state index in [1.165, 1.54) is 12.1 Å². The molecule has 1 aliphatic heterocycles. The van der Waals surface area contributed by atoms with Crippen LogP contribution in [-0.4, -0.2) is 61.9 Å². The number of likely N-dealkylation sites (tertiary alicyclic amines) is 1. The molecule has 1 fully saturated rings. The molecule has 0 aromatic heterocycles. The fourth-order valence-corrected chi connectivity index (χ4v) is 2.87. The van der Waals surface area contributed by atoms with Crippen LogP contribution in [0.2, 0.25) is 0 Å². The van der Waals surface area contributed by atoms with E-state index in [-0.39, 0.29) is 41.9 Å². The highest BCUT2D eigenvalue weighted by molar-refractivity contribution is 14.0. The van der Waals surface area contributed by atoms with Crippen molar-refractivity contribution in [1.82, 2.24) is 15.5 Å². The predicted octanol–water partition coefficient (Wildman–Crippen LogP) is 3.39. The Morgan fingerprint density at radius 2 is 2.00 bits per heavy atom. The molecule has 1 heterocycles. The monoisotopic (exact) mass is 522 g/mol. The number of amides is 1. The number of rotatable bonds is 6. The summed E-state index contributed by atoms with van der Waals surface area (Å²) < 4.78 is 23.8. The lowest BCUT2D eigenvalue weighted by atomic mass is 10.2. The Morgan fingerprint density at radius 3 is 2.62 bits per heavy atom. The fourth-order valence-electron chi connectivity index (χ4n) is 2.87. The van der Waals surface area contributed by atoms with Gasteiger partial charge in [-0.3, -0.25) is 4.99 Å². The number of hydrogen-bond acceptors (Lipinski definition) is 4. The number of carbonyl (C=O) groups excluding carboxylic acids is 1. The minimum atomic E-state index is -0.504. The van der Waals surface area contributed by atoms with E-state index in [2.05, 4.69) is 20.5 Å². The summed E-state index contributed by atoms with van der Waals surface area (Å²) >= 11 is 0. The van der Waals surface area contributed by atoms with Gasteiger partial charge in [0, 0.05) is 26.7 Å². The molecule has 1 aromatic carbocycles. The molecule has 2 rings (SSSR count). The summed E-state index contributed by atoms with van der Waals surface area (Å²) in [6, 6.07) is 6.03. The van der Waals surface area contributed by atoms with Gasteiger partial charge in [0.25, 0.3) is 0 Å². The van der Waals surface area contributed by atoms with Crippen LogP contribution in [-0.2, 0) is 4.74 Å². The van der Waals surface area contributed by atoms with Crippen LogP contribution in [0.5, 0.6) is 5.75 Å². The summed E-state index contributed by atoms with van der Waals surface area (Å²) in [4.78, 5) is 18.3. The molecule has 0 bridgehead atoms.